The molecule has 1 amide bonds. The highest BCUT2D eigenvalue weighted by Crippen LogP contribution is 2.27. The van der Waals surface area contributed by atoms with Crippen LogP contribution in [0.2, 0.25) is 10.0 Å². The van der Waals surface area contributed by atoms with Gasteiger partial charge in [-0.15, -0.1) is 11.3 Å². The maximum absolute atomic E-state index is 12.0. The van der Waals surface area contributed by atoms with Crippen molar-refractivity contribution in [1.29, 1.82) is 0 Å². The van der Waals surface area contributed by atoms with Crippen LogP contribution < -0.4 is 5.32 Å². The molecular formula is C15H12Cl2N2O3S. The van der Waals surface area contributed by atoms with Gasteiger partial charge in [-0.25, -0.2) is 4.98 Å². The van der Waals surface area contributed by atoms with Crippen molar-refractivity contribution >= 4 is 45.6 Å². The Morgan fingerprint density at radius 1 is 1.35 bits per heavy atom. The van der Waals surface area contributed by atoms with Crippen LogP contribution in [0.5, 0.6) is 0 Å². The molecule has 2 heterocycles. The lowest BCUT2D eigenvalue weighted by Crippen LogP contribution is -2.20. The van der Waals surface area contributed by atoms with Gasteiger partial charge < -0.3 is 9.47 Å². The van der Waals surface area contributed by atoms with Crippen molar-refractivity contribution in [1.82, 2.24) is 4.98 Å². The van der Waals surface area contributed by atoms with E-state index in [-0.39, 0.29) is 11.7 Å². The normalized spacial score (nSPS) is 13.7. The number of thiazole rings is 1. The zero-order valence-electron chi connectivity index (χ0n) is 11.8. The van der Waals surface area contributed by atoms with Crippen LogP contribution in [-0.4, -0.2) is 24.1 Å². The first-order valence-electron chi connectivity index (χ1n) is 6.76. The van der Waals surface area contributed by atoms with Crippen molar-refractivity contribution in [3.05, 3.63) is 56.9 Å². The molecule has 1 aliphatic rings. The van der Waals surface area contributed by atoms with E-state index in [0.717, 1.165) is 10.4 Å². The SMILES string of the molecule is O=C(Nc1ncc(Cc2ccc(Cl)cc2Cl)s1)C1=COCCO1. The molecule has 1 N–H and O–H groups in total. The number of anilines is 1. The summed E-state index contributed by atoms with van der Waals surface area (Å²) in [5, 5.41) is 4.38. The second-order valence-electron chi connectivity index (χ2n) is 4.70. The summed E-state index contributed by atoms with van der Waals surface area (Å²) < 4.78 is 10.3. The monoisotopic (exact) mass is 370 g/mol. The first-order valence-corrected chi connectivity index (χ1v) is 8.33. The number of nitrogens with one attached hydrogen (secondary N) is 1. The summed E-state index contributed by atoms with van der Waals surface area (Å²) in [4.78, 5) is 17.1. The van der Waals surface area contributed by atoms with E-state index in [1.807, 2.05) is 6.07 Å². The smallest absolute Gasteiger partial charge is 0.295 e. The Labute approximate surface area is 146 Å². The largest absolute Gasteiger partial charge is 0.494 e. The average Bonchev–Trinajstić information content (AvgIpc) is 2.98. The molecule has 23 heavy (non-hydrogen) atoms. The summed E-state index contributed by atoms with van der Waals surface area (Å²) in [6, 6.07) is 5.37. The van der Waals surface area contributed by atoms with E-state index in [9.17, 15) is 4.79 Å². The summed E-state index contributed by atoms with van der Waals surface area (Å²) >= 11 is 13.4. The lowest BCUT2D eigenvalue weighted by Gasteiger charge is -2.14. The van der Waals surface area contributed by atoms with Gasteiger partial charge in [-0.3, -0.25) is 10.1 Å². The van der Waals surface area contributed by atoms with Crippen molar-refractivity contribution in [2.75, 3.05) is 18.5 Å². The van der Waals surface area contributed by atoms with E-state index in [2.05, 4.69) is 10.3 Å². The fourth-order valence-electron chi connectivity index (χ4n) is 1.95. The van der Waals surface area contributed by atoms with Gasteiger partial charge >= 0.3 is 0 Å². The number of halogens is 2. The van der Waals surface area contributed by atoms with Gasteiger partial charge in [-0.2, -0.15) is 0 Å². The molecule has 0 atom stereocenters. The molecule has 0 radical (unpaired) electrons. The van der Waals surface area contributed by atoms with Crippen LogP contribution >= 0.6 is 34.5 Å². The Hall–Kier alpha value is -1.76. The van der Waals surface area contributed by atoms with Gasteiger partial charge in [-0.1, -0.05) is 29.3 Å². The van der Waals surface area contributed by atoms with Crippen LogP contribution in [0.1, 0.15) is 10.4 Å². The zero-order chi connectivity index (χ0) is 16.2. The molecule has 1 aliphatic heterocycles. The topological polar surface area (TPSA) is 60.5 Å². The third kappa shape index (κ3) is 4.16. The second-order valence-corrected chi connectivity index (χ2v) is 6.66. The molecule has 8 heteroatoms. The molecule has 1 aromatic heterocycles. The lowest BCUT2D eigenvalue weighted by molar-refractivity contribution is -0.117. The number of rotatable bonds is 4. The Kier molecular flexibility index (Phi) is 5.05. The van der Waals surface area contributed by atoms with E-state index >= 15 is 0 Å². The van der Waals surface area contributed by atoms with Gasteiger partial charge in [0.15, 0.2) is 5.13 Å². The summed E-state index contributed by atoms with van der Waals surface area (Å²) in [5.41, 5.74) is 0.948. The van der Waals surface area contributed by atoms with Crippen molar-refractivity contribution in [3.8, 4) is 0 Å². The molecule has 0 fully saturated rings. The highest BCUT2D eigenvalue weighted by molar-refractivity contribution is 7.15. The van der Waals surface area contributed by atoms with Crippen molar-refractivity contribution in [2.45, 2.75) is 6.42 Å². The van der Waals surface area contributed by atoms with Gasteiger partial charge in [0.25, 0.3) is 5.91 Å². The minimum absolute atomic E-state index is 0.147. The molecule has 0 bridgehead atoms. The van der Waals surface area contributed by atoms with Crippen LogP contribution in [0.3, 0.4) is 0 Å². The minimum Gasteiger partial charge on any atom is -0.494 e. The van der Waals surface area contributed by atoms with Crippen LogP contribution in [0.25, 0.3) is 0 Å². The summed E-state index contributed by atoms with van der Waals surface area (Å²) in [7, 11) is 0. The quantitative estimate of drug-likeness (QED) is 0.887. The predicted octanol–water partition coefficient (Wildman–Crippen LogP) is 3.87. The maximum atomic E-state index is 12.0. The van der Waals surface area contributed by atoms with Crippen LogP contribution in [0, 0.1) is 0 Å². The fraction of sp³-hybridized carbons (Fsp3) is 0.200. The molecule has 0 unspecified atom stereocenters. The Balaban J connectivity index is 1.66. The van der Waals surface area contributed by atoms with Crippen LogP contribution in [0.4, 0.5) is 5.13 Å². The Bertz CT molecular complexity index is 761. The number of benzene rings is 1. The van der Waals surface area contributed by atoms with E-state index in [1.54, 1.807) is 18.3 Å². The standard InChI is InChI=1S/C15H12Cl2N2O3S/c16-10-2-1-9(12(17)6-10)5-11-7-18-15(23-11)19-14(20)13-8-21-3-4-22-13/h1-2,6-8H,3-5H2,(H,18,19,20). The first kappa shape index (κ1) is 16.1. The lowest BCUT2D eigenvalue weighted by atomic mass is 10.1. The second kappa shape index (κ2) is 7.21. The van der Waals surface area contributed by atoms with E-state index in [0.29, 0.717) is 34.8 Å². The maximum Gasteiger partial charge on any atom is 0.295 e. The molecule has 0 saturated carbocycles. The van der Waals surface area contributed by atoms with Gasteiger partial charge in [-0.05, 0) is 17.7 Å². The number of nitrogens with zero attached hydrogens (tertiary/aromatic N) is 1. The van der Waals surface area contributed by atoms with E-state index in [1.165, 1.54) is 17.6 Å². The molecule has 3 rings (SSSR count). The van der Waals surface area contributed by atoms with Gasteiger partial charge in [0.05, 0.1) is 0 Å². The van der Waals surface area contributed by atoms with Crippen LogP contribution in [0.15, 0.2) is 36.4 Å². The molecule has 0 aliphatic carbocycles. The highest BCUT2D eigenvalue weighted by atomic mass is 35.5. The number of carbonyl (C=O) groups is 1. The molecule has 0 saturated heterocycles. The number of hydrogen-bond donors (Lipinski definition) is 1. The van der Waals surface area contributed by atoms with E-state index in [4.69, 9.17) is 32.7 Å². The zero-order valence-corrected chi connectivity index (χ0v) is 14.2. The number of amides is 1. The number of carbonyl (C=O) groups excluding carboxylic acids is 1. The van der Waals surface area contributed by atoms with Crippen molar-refractivity contribution in [2.24, 2.45) is 0 Å². The molecule has 0 spiro atoms. The van der Waals surface area contributed by atoms with Crippen LogP contribution in [-0.2, 0) is 20.7 Å². The highest BCUT2D eigenvalue weighted by Gasteiger charge is 2.16. The van der Waals surface area contributed by atoms with Crippen molar-refractivity contribution < 1.29 is 14.3 Å². The minimum atomic E-state index is -0.380. The van der Waals surface area contributed by atoms with Gasteiger partial charge in [0, 0.05) is 27.5 Å². The fourth-order valence-corrected chi connectivity index (χ4v) is 3.25. The van der Waals surface area contributed by atoms with Crippen molar-refractivity contribution in [3.63, 3.8) is 0 Å². The third-order valence-electron chi connectivity index (χ3n) is 3.03. The Morgan fingerprint density at radius 3 is 2.96 bits per heavy atom. The average molecular weight is 371 g/mol. The Morgan fingerprint density at radius 2 is 2.22 bits per heavy atom. The van der Waals surface area contributed by atoms with Gasteiger partial charge in [0.2, 0.25) is 5.76 Å². The van der Waals surface area contributed by atoms with E-state index < -0.39 is 0 Å². The molecule has 1 aromatic carbocycles. The molecule has 2 aromatic rings. The number of hydrogen-bond acceptors (Lipinski definition) is 5. The number of ether oxygens (including phenoxy) is 2. The summed E-state index contributed by atoms with van der Waals surface area (Å²) in [6.45, 7) is 0.803. The number of aromatic nitrogens is 1. The molecule has 120 valence electrons. The summed E-state index contributed by atoms with van der Waals surface area (Å²) in [6.07, 6.45) is 3.63. The molecule has 5 nitrogen and oxygen atoms in total. The summed E-state index contributed by atoms with van der Waals surface area (Å²) in [5.74, 6) is -0.233. The first-order chi connectivity index (χ1) is 11.1. The molecular weight excluding hydrogens is 359 g/mol. The third-order valence-corrected chi connectivity index (χ3v) is 4.53. The predicted molar refractivity (Wildman–Crippen MR) is 90.0 cm³/mol. The van der Waals surface area contributed by atoms with Gasteiger partial charge in [0.1, 0.15) is 19.5 Å².